The first kappa shape index (κ1) is 9.52. The number of rotatable bonds is 4. The number of nitrogens with zero attached hydrogens (tertiary/aromatic N) is 1. The Morgan fingerprint density at radius 2 is 2.00 bits per heavy atom. The number of hydrogen-bond donors (Lipinski definition) is 1. The van der Waals surface area contributed by atoms with Crippen molar-refractivity contribution in [3.63, 3.8) is 0 Å². The lowest BCUT2D eigenvalue weighted by molar-refractivity contribution is -0.111. The van der Waals surface area contributed by atoms with Gasteiger partial charge < -0.3 is 10.2 Å². The molecular formula is C9H18N2O. The van der Waals surface area contributed by atoms with Gasteiger partial charge in [0.05, 0.1) is 5.54 Å². The first-order chi connectivity index (χ1) is 5.68. The fraction of sp³-hybridized carbons (Fsp3) is 0.889. The largest absolute Gasteiger partial charge is 0.352 e. The van der Waals surface area contributed by atoms with Crippen molar-refractivity contribution in [2.75, 3.05) is 20.6 Å². The molecule has 1 saturated carbocycles. The number of carbonyl (C=O) groups is 1. The fourth-order valence-corrected chi connectivity index (χ4v) is 2.13. The first-order valence-corrected chi connectivity index (χ1v) is 4.55. The predicted molar refractivity (Wildman–Crippen MR) is 49.0 cm³/mol. The molecule has 3 heteroatoms. The van der Waals surface area contributed by atoms with Gasteiger partial charge in [-0.05, 0) is 26.9 Å². The third-order valence-corrected chi connectivity index (χ3v) is 2.54. The maximum atomic E-state index is 10.4. The van der Waals surface area contributed by atoms with Gasteiger partial charge in [0.15, 0.2) is 0 Å². The smallest absolute Gasteiger partial charge is 0.207 e. The number of nitrogens with one attached hydrogen (secondary N) is 1. The maximum absolute atomic E-state index is 10.4. The molecule has 0 unspecified atom stereocenters. The summed E-state index contributed by atoms with van der Waals surface area (Å²) in [5.74, 6) is 0. The van der Waals surface area contributed by atoms with Crippen LogP contribution in [0.1, 0.15) is 25.7 Å². The van der Waals surface area contributed by atoms with Crippen LogP contribution in [0.5, 0.6) is 0 Å². The highest BCUT2D eigenvalue weighted by Crippen LogP contribution is 2.29. The molecule has 12 heavy (non-hydrogen) atoms. The van der Waals surface area contributed by atoms with Gasteiger partial charge in [0.25, 0.3) is 0 Å². The van der Waals surface area contributed by atoms with Crippen molar-refractivity contribution in [1.29, 1.82) is 0 Å². The maximum Gasteiger partial charge on any atom is 0.207 e. The summed E-state index contributed by atoms with van der Waals surface area (Å²) < 4.78 is 0. The van der Waals surface area contributed by atoms with Crippen LogP contribution < -0.4 is 5.32 Å². The molecule has 1 fully saturated rings. The molecule has 3 nitrogen and oxygen atoms in total. The number of carbonyl (C=O) groups excluding carboxylic acids is 1. The lowest BCUT2D eigenvalue weighted by atomic mass is 9.97. The van der Waals surface area contributed by atoms with E-state index in [0.29, 0.717) is 0 Å². The summed E-state index contributed by atoms with van der Waals surface area (Å²) in [6.45, 7) is 0.964. The normalized spacial score (nSPS) is 21.2. The molecule has 1 rings (SSSR count). The van der Waals surface area contributed by atoms with Crippen molar-refractivity contribution >= 4 is 6.41 Å². The summed E-state index contributed by atoms with van der Waals surface area (Å²) in [5, 5.41) is 2.97. The van der Waals surface area contributed by atoms with E-state index >= 15 is 0 Å². The minimum Gasteiger partial charge on any atom is -0.352 e. The Hall–Kier alpha value is -0.570. The Bertz CT molecular complexity index is 151. The topological polar surface area (TPSA) is 32.3 Å². The molecule has 70 valence electrons. The number of likely N-dealkylation sites (N-methyl/N-ethyl adjacent to an activating group) is 1. The molecule has 1 N–H and O–H groups in total. The average Bonchev–Trinajstić information content (AvgIpc) is 2.36. The van der Waals surface area contributed by atoms with E-state index in [1.807, 2.05) is 14.1 Å². The fourth-order valence-electron chi connectivity index (χ4n) is 2.13. The molecule has 0 saturated heterocycles. The van der Waals surface area contributed by atoms with Gasteiger partial charge in [0.2, 0.25) is 6.41 Å². The van der Waals surface area contributed by atoms with Gasteiger partial charge in [-0.2, -0.15) is 0 Å². The summed E-state index contributed by atoms with van der Waals surface area (Å²) in [7, 11) is 4.10. The minimum atomic E-state index is 0.0747. The van der Waals surface area contributed by atoms with Crippen LogP contribution in [0.25, 0.3) is 0 Å². The predicted octanol–water partition coefficient (Wildman–Crippen LogP) is 0.607. The molecule has 0 aliphatic heterocycles. The second-order valence-electron chi connectivity index (χ2n) is 3.99. The average molecular weight is 170 g/mol. The van der Waals surface area contributed by atoms with Crippen molar-refractivity contribution in [2.45, 2.75) is 31.2 Å². The Kier molecular flexibility index (Phi) is 3.09. The highest BCUT2D eigenvalue weighted by atomic mass is 16.1. The molecule has 0 radical (unpaired) electrons. The van der Waals surface area contributed by atoms with E-state index in [4.69, 9.17) is 0 Å². The molecule has 0 heterocycles. The zero-order chi connectivity index (χ0) is 9.03. The molecule has 0 spiro atoms. The van der Waals surface area contributed by atoms with Crippen molar-refractivity contribution < 1.29 is 4.79 Å². The Labute approximate surface area is 74.1 Å². The van der Waals surface area contributed by atoms with E-state index in [1.54, 1.807) is 0 Å². The van der Waals surface area contributed by atoms with E-state index in [0.717, 1.165) is 25.8 Å². The van der Waals surface area contributed by atoms with Crippen LogP contribution >= 0.6 is 0 Å². The zero-order valence-corrected chi connectivity index (χ0v) is 7.97. The van der Waals surface area contributed by atoms with Crippen LogP contribution in [-0.4, -0.2) is 37.5 Å². The van der Waals surface area contributed by atoms with Gasteiger partial charge >= 0.3 is 0 Å². The van der Waals surface area contributed by atoms with E-state index < -0.39 is 0 Å². The highest BCUT2D eigenvalue weighted by Gasteiger charge is 2.33. The summed E-state index contributed by atoms with van der Waals surface area (Å²) in [5.41, 5.74) is 0.0747. The highest BCUT2D eigenvalue weighted by molar-refractivity contribution is 5.48. The van der Waals surface area contributed by atoms with Gasteiger partial charge in [-0.25, -0.2) is 0 Å². The zero-order valence-electron chi connectivity index (χ0n) is 7.97. The monoisotopic (exact) mass is 170 g/mol. The van der Waals surface area contributed by atoms with Gasteiger partial charge in [0.1, 0.15) is 0 Å². The molecule has 0 aromatic rings. The lowest BCUT2D eigenvalue weighted by Crippen LogP contribution is -2.49. The third-order valence-electron chi connectivity index (χ3n) is 2.54. The summed E-state index contributed by atoms with van der Waals surface area (Å²) in [6.07, 6.45) is 5.59. The molecule has 0 atom stereocenters. The summed E-state index contributed by atoms with van der Waals surface area (Å²) in [4.78, 5) is 12.6. The van der Waals surface area contributed by atoms with Gasteiger partial charge in [-0.3, -0.25) is 4.79 Å². The molecule has 0 aromatic carbocycles. The van der Waals surface area contributed by atoms with Gasteiger partial charge in [-0.1, -0.05) is 12.8 Å². The van der Waals surface area contributed by atoms with Crippen molar-refractivity contribution in [1.82, 2.24) is 10.2 Å². The van der Waals surface area contributed by atoms with E-state index in [1.165, 1.54) is 12.8 Å². The van der Waals surface area contributed by atoms with Crippen LogP contribution in [0.2, 0.25) is 0 Å². The Morgan fingerprint density at radius 3 is 2.42 bits per heavy atom. The summed E-state index contributed by atoms with van der Waals surface area (Å²) in [6, 6.07) is 0. The molecule has 1 aliphatic rings. The minimum absolute atomic E-state index is 0.0747. The van der Waals surface area contributed by atoms with Crippen molar-refractivity contribution in [3.8, 4) is 0 Å². The second kappa shape index (κ2) is 3.90. The standard InChI is InChI=1S/C9H18N2O/c1-11(2)7-9(10-8-12)5-3-4-6-9/h8H,3-7H2,1-2H3,(H,10,12). The van der Waals surface area contributed by atoms with Gasteiger partial charge in [-0.15, -0.1) is 0 Å². The van der Waals surface area contributed by atoms with Crippen molar-refractivity contribution in [2.24, 2.45) is 0 Å². The second-order valence-corrected chi connectivity index (χ2v) is 3.99. The molecule has 1 amide bonds. The third kappa shape index (κ3) is 2.21. The quantitative estimate of drug-likeness (QED) is 0.627. The molecule has 0 aromatic heterocycles. The molecule has 0 bridgehead atoms. The van der Waals surface area contributed by atoms with Gasteiger partial charge in [0, 0.05) is 6.54 Å². The number of amides is 1. The Morgan fingerprint density at radius 1 is 1.42 bits per heavy atom. The number of hydrogen-bond acceptors (Lipinski definition) is 2. The molecular weight excluding hydrogens is 152 g/mol. The van der Waals surface area contributed by atoms with Crippen LogP contribution in [0, 0.1) is 0 Å². The molecule has 1 aliphatic carbocycles. The van der Waals surface area contributed by atoms with Crippen LogP contribution in [0.15, 0.2) is 0 Å². The van der Waals surface area contributed by atoms with Crippen LogP contribution in [-0.2, 0) is 4.79 Å². The SMILES string of the molecule is CN(C)CC1(NC=O)CCCC1. The van der Waals surface area contributed by atoms with Crippen molar-refractivity contribution in [3.05, 3.63) is 0 Å². The van der Waals surface area contributed by atoms with E-state index in [9.17, 15) is 4.79 Å². The van der Waals surface area contributed by atoms with Crippen LogP contribution in [0.3, 0.4) is 0 Å². The Balaban J connectivity index is 2.52. The van der Waals surface area contributed by atoms with E-state index in [-0.39, 0.29) is 5.54 Å². The van der Waals surface area contributed by atoms with Crippen LogP contribution in [0.4, 0.5) is 0 Å². The summed E-state index contributed by atoms with van der Waals surface area (Å²) >= 11 is 0. The first-order valence-electron chi connectivity index (χ1n) is 4.55. The lowest BCUT2D eigenvalue weighted by Gasteiger charge is -2.31. The van der Waals surface area contributed by atoms with E-state index in [2.05, 4.69) is 10.2 Å².